The number of nitrogens with one attached hydrogen (secondary N) is 2. The highest BCUT2D eigenvalue weighted by Gasteiger charge is 2.32. The third-order valence-corrected chi connectivity index (χ3v) is 2.98. The Morgan fingerprint density at radius 2 is 2.05 bits per heavy atom. The molecule has 112 valence electrons. The Labute approximate surface area is 119 Å². The zero-order valence-electron chi connectivity index (χ0n) is 11.1. The molecule has 0 radical (unpaired) electrons. The maximum atomic E-state index is 12.8. The van der Waals surface area contributed by atoms with Crippen molar-refractivity contribution in [2.24, 2.45) is 0 Å². The summed E-state index contributed by atoms with van der Waals surface area (Å²) < 4.78 is 38.3. The number of alkyl halides is 3. The first-order valence-corrected chi connectivity index (χ1v) is 6.36. The highest BCUT2D eigenvalue weighted by atomic mass is 19.4. The highest BCUT2D eigenvalue weighted by Crippen LogP contribution is 2.31. The Kier molecular flexibility index (Phi) is 4.62. The maximum Gasteiger partial charge on any atom is 0.416 e. The zero-order chi connectivity index (χ0) is 15.3. The van der Waals surface area contributed by atoms with Gasteiger partial charge < -0.3 is 10.3 Å². The summed E-state index contributed by atoms with van der Waals surface area (Å²) in [4.78, 5) is 18.3. The molecular weight excluding hydrogens is 283 g/mol. The standard InChI is InChI=1S/C14H14F3N3O/c15-14(16,17)12-4-2-1-3-10(12)7-19-13(21)6-5-11-8-18-9-20-11/h1-4,8-9H,5-7H2,(H,18,20)(H,19,21). The Morgan fingerprint density at radius 1 is 1.29 bits per heavy atom. The van der Waals surface area contributed by atoms with E-state index in [-0.39, 0.29) is 24.4 Å². The minimum atomic E-state index is -4.42. The second-order valence-electron chi connectivity index (χ2n) is 4.51. The van der Waals surface area contributed by atoms with Crippen LogP contribution in [0.15, 0.2) is 36.8 Å². The van der Waals surface area contributed by atoms with Crippen LogP contribution in [-0.2, 0) is 23.9 Å². The lowest BCUT2D eigenvalue weighted by Gasteiger charge is -2.13. The number of H-pyrrole nitrogens is 1. The van der Waals surface area contributed by atoms with Crippen molar-refractivity contribution in [1.82, 2.24) is 15.3 Å². The van der Waals surface area contributed by atoms with Gasteiger partial charge in [-0.1, -0.05) is 18.2 Å². The number of amides is 1. The fourth-order valence-corrected chi connectivity index (χ4v) is 1.90. The molecule has 1 amide bonds. The van der Waals surface area contributed by atoms with Crippen LogP contribution < -0.4 is 5.32 Å². The van der Waals surface area contributed by atoms with Crippen LogP contribution in [0, 0.1) is 0 Å². The van der Waals surface area contributed by atoms with Crippen molar-refractivity contribution in [2.75, 3.05) is 0 Å². The van der Waals surface area contributed by atoms with Gasteiger partial charge in [0.05, 0.1) is 11.9 Å². The van der Waals surface area contributed by atoms with E-state index in [1.165, 1.54) is 24.5 Å². The van der Waals surface area contributed by atoms with E-state index in [1.807, 2.05) is 0 Å². The molecule has 0 bridgehead atoms. The largest absolute Gasteiger partial charge is 0.416 e. The molecule has 2 rings (SSSR count). The van der Waals surface area contributed by atoms with Gasteiger partial charge in [-0.25, -0.2) is 4.98 Å². The van der Waals surface area contributed by atoms with Gasteiger partial charge >= 0.3 is 6.18 Å². The summed E-state index contributed by atoms with van der Waals surface area (Å²) in [6.45, 7) is -0.141. The molecule has 2 N–H and O–H groups in total. The molecule has 0 unspecified atom stereocenters. The number of hydrogen-bond donors (Lipinski definition) is 2. The van der Waals surface area contributed by atoms with Crippen LogP contribution in [0.25, 0.3) is 0 Å². The number of aryl methyl sites for hydroxylation is 1. The fraction of sp³-hybridized carbons (Fsp3) is 0.286. The van der Waals surface area contributed by atoms with Crippen molar-refractivity contribution >= 4 is 5.91 Å². The summed E-state index contributed by atoms with van der Waals surface area (Å²) >= 11 is 0. The first kappa shape index (κ1) is 15.1. The number of aromatic nitrogens is 2. The van der Waals surface area contributed by atoms with E-state index in [4.69, 9.17) is 0 Å². The fourth-order valence-electron chi connectivity index (χ4n) is 1.90. The number of carbonyl (C=O) groups excluding carboxylic acids is 1. The SMILES string of the molecule is O=C(CCc1cnc[nH]1)NCc1ccccc1C(F)(F)F. The smallest absolute Gasteiger partial charge is 0.352 e. The van der Waals surface area contributed by atoms with E-state index in [1.54, 1.807) is 6.20 Å². The number of halogens is 3. The van der Waals surface area contributed by atoms with Crippen LogP contribution in [0.3, 0.4) is 0 Å². The van der Waals surface area contributed by atoms with Gasteiger partial charge in [0.1, 0.15) is 0 Å². The van der Waals surface area contributed by atoms with Gasteiger partial charge in [0, 0.05) is 24.9 Å². The quantitative estimate of drug-likeness (QED) is 0.891. The van der Waals surface area contributed by atoms with E-state index >= 15 is 0 Å². The van der Waals surface area contributed by atoms with E-state index in [0.29, 0.717) is 6.42 Å². The predicted octanol–water partition coefficient (Wildman–Crippen LogP) is 2.68. The maximum absolute atomic E-state index is 12.8. The number of aromatic amines is 1. The van der Waals surface area contributed by atoms with Crippen LogP contribution in [0.1, 0.15) is 23.2 Å². The molecule has 0 aliphatic carbocycles. The Bertz CT molecular complexity index is 594. The summed E-state index contributed by atoms with van der Waals surface area (Å²) in [5.74, 6) is -0.304. The van der Waals surface area contributed by atoms with Crippen LogP contribution in [0.2, 0.25) is 0 Å². The number of hydrogen-bond acceptors (Lipinski definition) is 2. The summed E-state index contributed by atoms with van der Waals surface area (Å²) in [7, 11) is 0. The van der Waals surface area contributed by atoms with Crippen molar-refractivity contribution in [1.29, 1.82) is 0 Å². The van der Waals surface area contributed by atoms with E-state index in [0.717, 1.165) is 11.8 Å². The summed E-state index contributed by atoms with van der Waals surface area (Å²) in [6, 6.07) is 5.21. The number of carbonyl (C=O) groups is 1. The second kappa shape index (κ2) is 6.43. The summed E-state index contributed by atoms with van der Waals surface area (Å²) in [6.07, 6.45) is -0.653. The van der Waals surface area contributed by atoms with Crippen molar-refractivity contribution in [3.05, 3.63) is 53.6 Å². The van der Waals surface area contributed by atoms with Gasteiger partial charge in [-0.05, 0) is 18.1 Å². The number of rotatable bonds is 5. The minimum Gasteiger partial charge on any atom is -0.352 e. The molecule has 1 aromatic carbocycles. The molecule has 0 aliphatic rings. The Hall–Kier alpha value is -2.31. The molecule has 7 heteroatoms. The average Bonchev–Trinajstić information content (AvgIpc) is 2.95. The first-order chi connectivity index (χ1) is 9.97. The summed E-state index contributed by atoms with van der Waals surface area (Å²) in [5.41, 5.74) is 0.139. The van der Waals surface area contributed by atoms with Crippen molar-refractivity contribution in [3.63, 3.8) is 0 Å². The van der Waals surface area contributed by atoms with Crippen LogP contribution in [0.4, 0.5) is 13.2 Å². The Balaban J connectivity index is 1.89. The lowest BCUT2D eigenvalue weighted by atomic mass is 10.1. The molecule has 2 aromatic rings. The molecule has 0 atom stereocenters. The molecule has 1 heterocycles. The molecular formula is C14H14F3N3O. The van der Waals surface area contributed by atoms with Gasteiger partial charge in [-0.15, -0.1) is 0 Å². The van der Waals surface area contributed by atoms with Crippen LogP contribution in [-0.4, -0.2) is 15.9 Å². The third kappa shape index (κ3) is 4.34. The lowest BCUT2D eigenvalue weighted by Crippen LogP contribution is -2.24. The van der Waals surface area contributed by atoms with E-state index < -0.39 is 11.7 Å². The van der Waals surface area contributed by atoms with Gasteiger partial charge in [-0.3, -0.25) is 4.79 Å². The van der Waals surface area contributed by atoms with Crippen molar-refractivity contribution in [3.8, 4) is 0 Å². The normalized spacial score (nSPS) is 11.4. The van der Waals surface area contributed by atoms with Crippen LogP contribution >= 0.6 is 0 Å². The predicted molar refractivity (Wildman–Crippen MR) is 70.2 cm³/mol. The highest BCUT2D eigenvalue weighted by molar-refractivity contribution is 5.76. The van der Waals surface area contributed by atoms with Gasteiger partial charge in [-0.2, -0.15) is 13.2 Å². The Morgan fingerprint density at radius 3 is 2.71 bits per heavy atom. The van der Waals surface area contributed by atoms with Gasteiger partial charge in [0.15, 0.2) is 0 Å². The summed E-state index contributed by atoms with van der Waals surface area (Å²) in [5, 5.41) is 2.50. The van der Waals surface area contributed by atoms with Crippen LogP contribution in [0.5, 0.6) is 0 Å². The number of imidazole rings is 1. The minimum absolute atomic E-state index is 0.0555. The molecule has 0 saturated carbocycles. The van der Waals surface area contributed by atoms with Crippen molar-refractivity contribution in [2.45, 2.75) is 25.6 Å². The average molecular weight is 297 g/mol. The zero-order valence-corrected chi connectivity index (χ0v) is 11.1. The second-order valence-corrected chi connectivity index (χ2v) is 4.51. The molecule has 4 nitrogen and oxygen atoms in total. The number of benzene rings is 1. The van der Waals surface area contributed by atoms with E-state index in [9.17, 15) is 18.0 Å². The lowest BCUT2D eigenvalue weighted by molar-refractivity contribution is -0.138. The molecule has 0 fully saturated rings. The van der Waals surface area contributed by atoms with Crippen molar-refractivity contribution < 1.29 is 18.0 Å². The monoisotopic (exact) mass is 297 g/mol. The van der Waals surface area contributed by atoms with Gasteiger partial charge in [0.2, 0.25) is 5.91 Å². The number of nitrogens with zero attached hydrogens (tertiary/aromatic N) is 1. The molecule has 0 aliphatic heterocycles. The van der Waals surface area contributed by atoms with Gasteiger partial charge in [0.25, 0.3) is 0 Å². The molecule has 0 spiro atoms. The first-order valence-electron chi connectivity index (χ1n) is 6.36. The molecule has 1 aromatic heterocycles. The topological polar surface area (TPSA) is 57.8 Å². The third-order valence-electron chi connectivity index (χ3n) is 2.98. The molecule has 0 saturated heterocycles. The molecule has 21 heavy (non-hydrogen) atoms. The van der Waals surface area contributed by atoms with E-state index in [2.05, 4.69) is 15.3 Å².